The number of carbonyl (C=O) groups excluding carboxylic acids is 5. The van der Waals surface area contributed by atoms with Crippen molar-refractivity contribution in [1.29, 1.82) is 0 Å². The van der Waals surface area contributed by atoms with Crippen LogP contribution in [0.25, 0.3) is 16.0 Å². The number of aromatic nitrogens is 1. The van der Waals surface area contributed by atoms with Gasteiger partial charge in [0.15, 0.2) is 15.6 Å². The standard InChI is InChI=1S/C81H107ClF3N9O11S3/c1-8-56(28-30-89-39-41-105-42-40-89)43-63-21-26-68(47-72(63)108(103,104)81(83,84)85)107(101,102)51-71(96)61-19-24-66(25-20-61)92-35-31-90(32-36-92)49-64-48-80(7,29-27-69(64)60-17-22-65(82)23-18-60)52-91-33-37-93(38-34-91)74(98)45-58-11-9-57(10-12-58)44-73(97)88-76(79(4,5)6)78(100)94-50-67(95)46-70(94)77(99)87-54(2)59-13-15-62(16-14-59)75-55(3)86-53-106-75/h13-26,47,53-54,56-58,67,70,76,95H,8-12,27-46,48-52H2,1-7H3,(H,87,99)(H,88,97)/t54-,56-,57?,58?,67+,70-,76+,80?/m0/s1. The Bertz CT molecular complexity index is 4240. The van der Waals surface area contributed by atoms with Crippen molar-refractivity contribution >= 4 is 83.3 Å². The molecule has 108 heavy (non-hydrogen) atoms. The number of likely N-dealkylation sites (tertiary alicyclic amines) is 1. The number of sulfone groups is 2. The second-order valence-corrected chi connectivity index (χ2v) is 37.5. The van der Waals surface area contributed by atoms with E-state index >= 15 is 0 Å². The lowest BCUT2D eigenvalue weighted by Gasteiger charge is -2.44. The van der Waals surface area contributed by atoms with Crippen molar-refractivity contribution in [2.45, 2.75) is 171 Å². The summed E-state index contributed by atoms with van der Waals surface area (Å²) in [6.07, 6.45) is 7.15. The molecule has 5 fully saturated rings. The van der Waals surface area contributed by atoms with Gasteiger partial charge in [-0.05, 0) is 183 Å². The molecule has 2 aliphatic carbocycles. The summed E-state index contributed by atoms with van der Waals surface area (Å²) in [6, 6.07) is 23.3. The largest absolute Gasteiger partial charge is 0.501 e. The van der Waals surface area contributed by atoms with Crippen molar-refractivity contribution in [2.75, 3.05) is 115 Å². The van der Waals surface area contributed by atoms with Crippen LogP contribution in [0.4, 0.5) is 18.9 Å². The zero-order chi connectivity index (χ0) is 77.5. The second-order valence-electron chi connectivity index (χ2n) is 32.3. The van der Waals surface area contributed by atoms with Crippen LogP contribution in [0, 0.1) is 35.5 Å². The molecule has 27 heteroatoms. The van der Waals surface area contributed by atoms with E-state index in [0.29, 0.717) is 89.4 Å². The Labute approximate surface area is 644 Å². The Morgan fingerprint density at radius 1 is 0.787 bits per heavy atom. The number of amides is 4. The number of morpholine rings is 1. The summed E-state index contributed by atoms with van der Waals surface area (Å²) in [6.45, 7) is 24.5. The van der Waals surface area contributed by atoms with Crippen molar-refractivity contribution in [3.63, 3.8) is 0 Å². The van der Waals surface area contributed by atoms with E-state index in [4.69, 9.17) is 16.3 Å². The fraction of sp³-hybridized carbons (Fsp3) is 0.580. The first-order valence-electron chi connectivity index (χ1n) is 38.4. The minimum absolute atomic E-state index is 0.00708. The number of nitrogens with zero attached hydrogens (tertiary/aromatic N) is 7. The molecular formula is C81H107ClF3N9O11S3. The van der Waals surface area contributed by atoms with Gasteiger partial charge in [-0.15, -0.1) is 11.3 Å². The summed E-state index contributed by atoms with van der Waals surface area (Å²) in [7, 11) is -10.5. The third kappa shape index (κ3) is 20.7. The highest BCUT2D eigenvalue weighted by Gasteiger charge is 2.49. The third-order valence-electron chi connectivity index (χ3n) is 23.2. The van der Waals surface area contributed by atoms with Gasteiger partial charge in [0.25, 0.3) is 9.84 Å². The highest BCUT2D eigenvalue weighted by molar-refractivity contribution is 7.93. The van der Waals surface area contributed by atoms with E-state index in [1.807, 2.05) is 88.4 Å². The number of aliphatic hydroxyl groups is 1. The third-order valence-corrected chi connectivity index (χ3v) is 27.6. The zero-order valence-corrected chi connectivity index (χ0v) is 66.6. The van der Waals surface area contributed by atoms with Crippen molar-refractivity contribution < 1.29 is 63.8 Å². The Morgan fingerprint density at radius 2 is 1.43 bits per heavy atom. The van der Waals surface area contributed by atoms with Crippen LogP contribution in [0.5, 0.6) is 0 Å². The fourth-order valence-electron chi connectivity index (χ4n) is 16.7. The molecule has 20 nitrogen and oxygen atoms in total. The van der Waals surface area contributed by atoms with E-state index in [9.17, 15) is 59.1 Å². The predicted molar refractivity (Wildman–Crippen MR) is 415 cm³/mol. The Morgan fingerprint density at radius 3 is 2.05 bits per heavy atom. The number of nitrogens with one attached hydrogen (secondary N) is 2. The molecule has 6 aliphatic rings. The normalized spacial score (nSPS) is 22.8. The van der Waals surface area contributed by atoms with Crippen LogP contribution in [0.3, 0.4) is 0 Å². The zero-order valence-electron chi connectivity index (χ0n) is 63.4. The minimum Gasteiger partial charge on any atom is -0.391 e. The van der Waals surface area contributed by atoms with Crippen LogP contribution < -0.4 is 15.5 Å². The Kier molecular flexibility index (Phi) is 27.0. The first kappa shape index (κ1) is 82.3. The number of hydrogen-bond donors (Lipinski definition) is 3. The number of carbonyl (C=O) groups is 5. The average Bonchev–Trinajstić information content (AvgIpc) is 0.944. The van der Waals surface area contributed by atoms with E-state index in [-0.39, 0.29) is 83.9 Å². The molecule has 1 unspecified atom stereocenters. The van der Waals surface area contributed by atoms with Crippen LogP contribution in [0.1, 0.15) is 157 Å². The van der Waals surface area contributed by atoms with Crippen LogP contribution in [-0.4, -0.2) is 215 Å². The molecule has 588 valence electrons. The quantitative estimate of drug-likeness (QED) is 0.0414. The Hall–Kier alpha value is -6.62. The van der Waals surface area contributed by atoms with Gasteiger partial charge < -0.3 is 35.2 Å². The van der Waals surface area contributed by atoms with Crippen LogP contribution in [-0.2, 0) is 50.0 Å². The van der Waals surface area contributed by atoms with Crippen molar-refractivity contribution in [3.8, 4) is 10.4 Å². The molecule has 11 rings (SSSR count). The van der Waals surface area contributed by atoms with Gasteiger partial charge in [0.1, 0.15) is 17.8 Å². The summed E-state index contributed by atoms with van der Waals surface area (Å²) in [5.41, 5.74) is 3.02. The summed E-state index contributed by atoms with van der Waals surface area (Å²) in [5.74, 6) is -2.53. The summed E-state index contributed by atoms with van der Waals surface area (Å²) in [4.78, 5) is 86.3. The predicted octanol–water partition coefficient (Wildman–Crippen LogP) is 11.9. The number of hydrogen-bond acceptors (Lipinski definition) is 17. The maximum absolute atomic E-state index is 14.4. The first-order chi connectivity index (χ1) is 51.2. The summed E-state index contributed by atoms with van der Waals surface area (Å²) >= 11 is 7.98. The molecule has 6 atom stereocenters. The van der Waals surface area contributed by atoms with Gasteiger partial charge in [-0.1, -0.05) is 101 Å². The maximum atomic E-state index is 14.4. The minimum atomic E-state index is -5.95. The molecule has 0 spiro atoms. The number of ketones is 1. The van der Waals surface area contributed by atoms with Gasteiger partial charge in [0.2, 0.25) is 23.6 Å². The molecule has 5 aromatic rings. The molecule has 1 saturated carbocycles. The molecule has 0 radical (unpaired) electrons. The van der Waals surface area contributed by atoms with Crippen molar-refractivity contribution in [2.24, 2.45) is 28.6 Å². The van der Waals surface area contributed by atoms with E-state index in [1.165, 1.54) is 16.0 Å². The molecule has 3 N–H and O–H groups in total. The molecule has 0 bridgehead atoms. The van der Waals surface area contributed by atoms with Crippen LogP contribution >= 0.6 is 22.9 Å². The van der Waals surface area contributed by atoms with E-state index in [1.54, 1.807) is 35.6 Å². The molecule has 1 aromatic heterocycles. The second kappa shape index (κ2) is 35.4. The van der Waals surface area contributed by atoms with Crippen LogP contribution in [0.2, 0.25) is 5.02 Å². The smallest absolute Gasteiger partial charge is 0.391 e. The lowest BCUT2D eigenvalue weighted by atomic mass is 9.71. The Balaban J connectivity index is 0.624. The summed E-state index contributed by atoms with van der Waals surface area (Å²) in [5, 5.41) is 17.6. The number of anilines is 1. The van der Waals surface area contributed by atoms with Crippen molar-refractivity contribution in [3.05, 3.63) is 135 Å². The number of halogens is 4. The van der Waals surface area contributed by atoms with Crippen molar-refractivity contribution in [1.82, 2.24) is 40.1 Å². The molecule has 4 aromatic carbocycles. The van der Waals surface area contributed by atoms with Gasteiger partial charge in [-0.3, -0.25) is 38.7 Å². The molecule has 4 saturated heterocycles. The van der Waals surface area contributed by atoms with E-state index in [2.05, 4.69) is 54.3 Å². The monoisotopic (exact) mass is 1570 g/mol. The number of alkyl halides is 3. The number of benzene rings is 4. The average molecular weight is 1570 g/mol. The number of rotatable bonds is 27. The van der Waals surface area contributed by atoms with Crippen LogP contribution in [0.15, 0.2) is 112 Å². The fourth-order valence-corrected chi connectivity index (χ4v) is 20.0. The molecule has 4 aliphatic heterocycles. The number of piperazine rings is 2. The molecular weight excluding hydrogens is 1460 g/mol. The summed E-state index contributed by atoms with van der Waals surface area (Å²) < 4.78 is 102. The van der Waals surface area contributed by atoms with Gasteiger partial charge in [-0.25, -0.2) is 21.8 Å². The number of ether oxygens (including phenoxy) is 1. The number of Topliss-reactive ketones (excluding diaryl/α,β-unsaturated/α-hetero) is 1. The maximum Gasteiger partial charge on any atom is 0.501 e. The number of aryl methyl sites for hydroxylation is 1. The number of thiazole rings is 1. The van der Waals surface area contributed by atoms with E-state index in [0.717, 1.165) is 129 Å². The van der Waals surface area contributed by atoms with Gasteiger partial charge in [0, 0.05) is 121 Å². The molecule has 4 amide bonds. The molecule has 5 heterocycles. The number of allylic oxidation sites excluding steroid dienone is 1. The van der Waals surface area contributed by atoms with Gasteiger partial charge >= 0.3 is 5.51 Å². The van der Waals surface area contributed by atoms with E-state index < -0.39 is 76.0 Å². The van der Waals surface area contributed by atoms with Gasteiger partial charge in [0.05, 0.1) is 51.2 Å². The number of β-amino-alcohol motifs (C(OH)–C–C–N with tert-alkyl or cyclic N) is 1. The highest BCUT2D eigenvalue weighted by atomic mass is 35.5. The highest BCUT2D eigenvalue weighted by Crippen LogP contribution is 2.45. The number of aliphatic hydroxyl groups excluding tert-OH is 1. The first-order valence-corrected chi connectivity index (χ1v) is 42.8. The van der Waals surface area contributed by atoms with Gasteiger partial charge in [-0.2, -0.15) is 13.2 Å². The lowest BCUT2D eigenvalue weighted by Crippen LogP contribution is -2.58. The SMILES string of the molecule is CC[C@@H](CCN1CCOCC1)Cc1ccc(S(=O)(=O)CC(=O)c2ccc(N3CCN(CC4=C(c5ccc(Cl)cc5)CCC(C)(CN5CCN(C(=O)CC6CCC(CC(=O)N[C@H](C(=O)N7C[C@H](O)C[C@H]7C(=O)N[C@@H](C)c7ccc(-c8scnc8C)cc7)C(C)(C)C)CC6)CC5)C4)CC3)cc2)cc1S(=O)(=O)C(F)(F)F. The topological polar surface area (TPSA) is 239 Å². The lowest BCUT2D eigenvalue weighted by molar-refractivity contribution is -0.144.